The van der Waals surface area contributed by atoms with Crippen LogP contribution in [-0.4, -0.2) is 30.0 Å². The normalized spacial score (nSPS) is 11.1. The van der Waals surface area contributed by atoms with E-state index in [-0.39, 0.29) is 15.7 Å². The minimum atomic E-state index is -3.74. The predicted molar refractivity (Wildman–Crippen MR) is 101 cm³/mol. The van der Waals surface area contributed by atoms with Gasteiger partial charge in [0.05, 0.1) is 15.5 Å². The van der Waals surface area contributed by atoms with E-state index in [4.69, 9.17) is 0 Å². The van der Waals surface area contributed by atoms with Gasteiger partial charge >= 0.3 is 0 Å². The Morgan fingerprint density at radius 2 is 1.78 bits per heavy atom. The number of hydrogen-bond acceptors (Lipinski definition) is 7. The Labute approximate surface area is 158 Å². The van der Waals surface area contributed by atoms with Crippen LogP contribution < -0.4 is 5.32 Å². The largest absolute Gasteiger partial charge is 0.301 e. The van der Waals surface area contributed by atoms with Crippen molar-refractivity contribution in [2.24, 2.45) is 0 Å². The number of aromatic nitrogens is 1. The summed E-state index contributed by atoms with van der Waals surface area (Å²) in [5.41, 5.74) is 1.14. The lowest BCUT2D eigenvalue weighted by atomic mass is 10.1. The van der Waals surface area contributed by atoms with Gasteiger partial charge in [-0.3, -0.25) is 14.9 Å². The Bertz CT molecular complexity index is 1080. The molecule has 0 atom stereocenters. The minimum Gasteiger partial charge on any atom is -0.301 e. The van der Waals surface area contributed by atoms with E-state index in [1.165, 1.54) is 24.3 Å². The van der Waals surface area contributed by atoms with Gasteiger partial charge in [0, 0.05) is 23.1 Å². The van der Waals surface area contributed by atoms with Crippen LogP contribution in [0.25, 0.3) is 11.3 Å². The van der Waals surface area contributed by atoms with Gasteiger partial charge in [-0.2, -0.15) is 0 Å². The highest BCUT2D eigenvalue weighted by molar-refractivity contribution is 7.92. The summed E-state index contributed by atoms with van der Waals surface area (Å²) in [5, 5.41) is 15.1. The predicted octanol–water partition coefficient (Wildman–Crippen LogP) is 3.13. The molecule has 1 N–H and O–H groups in total. The highest BCUT2D eigenvalue weighted by Crippen LogP contribution is 2.26. The molecule has 8 nitrogen and oxygen atoms in total. The average molecular weight is 403 g/mol. The van der Waals surface area contributed by atoms with Crippen LogP contribution in [-0.2, 0) is 14.6 Å². The van der Waals surface area contributed by atoms with Gasteiger partial charge in [0.25, 0.3) is 5.69 Å². The summed E-state index contributed by atoms with van der Waals surface area (Å²) in [4.78, 5) is 26.6. The molecule has 138 valence electrons. The molecule has 0 bridgehead atoms. The zero-order valence-corrected chi connectivity index (χ0v) is 15.4. The van der Waals surface area contributed by atoms with E-state index in [1.807, 2.05) is 0 Å². The SMILES string of the molecule is O=C(CS(=O)(=O)c1ccccc1)Nc1nc(-c2ccc([N+](=O)[O-])cc2)cs1. The Morgan fingerprint density at radius 1 is 1.11 bits per heavy atom. The highest BCUT2D eigenvalue weighted by Gasteiger charge is 2.20. The van der Waals surface area contributed by atoms with Crippen molar-refractivity contribution in [3.8, 4) is 11.3 Å². The standard InChI is InChI=1S/C17H13N3O5S2/c21-16(11-27(24,25)14-4-2-1-3-5-14)19-17-18-15(10-26-17)12-6-8-13(9-7-12)20(22)23/h1-10H,11H2,(H,18,19,21). The topological polar surface area (TPSA) is 119 Å². The maximum Gasteiger partial charge on any atom is 0.269 e. The quantitative estimate of drug-likeness (QED) is 0.499. The van der Waals surface area contributed by atoms with Crippen LogP contribution in [0.2, 0.25) is 0 Å². The third-order valence-corrected chi connectivity index (χ3v) is 5.94. The molecule has 1 amide bonds. The van der Waals surface area contributed by atoms with Crippen molar-refractivity contribution in [2.75, 3.05) is 11.1 Å². The molecule has 0 aliphatic carbocycles. The van der Waals surface area contributed by atoms with Crippen LogP contribution >= 0.6 is 11.3 Å². The van der Waals surface area contributed by atoms with Crippen molar-refractivity contribution in [3.63, 3.8) is 0 Å². The molecule has 0 saturated heterocycles. The van der Waals surface area contributed by atoms with Crippen molar-refractivity contribution in [2.45, 2.75) is 4.90 Å². The molecular weight excluding hydrogens is 390 g/mol. The summed E-state index contributed by atoms with van der Waals surface area (Å²) < 4.78 is 24.4. The van der Waals surface area contributed by atoms with E-state index in [2.05, 4.69) is 10.3 Å². The minimum absolute atomic E-state index is 0.0337. The van der Waals surface area contributed by atoms with Crippen molar-refractivity contribution in [1.82, 2.24) is 4.98 Å². The number of hydrogen-bond donors (Lipinski definition) is 1. The first-order valence-corrected chi connectivity index (χ1v) is 10.2. The van der Waals surface area contributed by atoms with E-state index < -0.39 is 26.4 Å². The van der Waals surface area contributed by atoms with Crippen LogP contribution in [0.15, 0.2) is 64.9 Å². The van der Waals surface area contributed by atoms with Crippen LogP contribution in [0, 0.1) is 10.1 Å². The van der Waals surface area contributed by atoms with Crippen molar-refractivity contribution in [3.05, 3.63) is 70.1 Å². The number of nitro groups is 1. The summed E-state index contributed by atoms with van der Waals surface area (Å²) in [5.74, 6) is -1.38. The second kappa shape index (κ2) is 7.64. The van der Waals surface area contributed by atoms with Gasteiger partial charge in [0.15, 0.2) is 15.0 Å². The van der Waals surface area contributed by atoms with Gasteiger partial charge in [-0.25, -0.2) is 13.4 Å². The first-order chi connectivity index (χ1) is 12.8. The van der Waals surface area contributed by atoms with E-state index in [0.717, 1.165) is 11.3 Å². The molecule has 3 aromatic rings. The van der Waals surface area contributed by atoms with Gasteiger partial charge in [0.2, 0.25) is 5.91 Å². The van der Waals surface area contributed by atoms with Crippen LogP contribution in [0.5, 0.6) is 0 Å². The van der Waals surface area contributed by atoms with Crippen LogP contribution in [0.1, 0.15) is 0 Å². The summed E-state index contributed by atoms with van der Waals surface area (Å²) in [6, 6.07) is 13.5. The molecule has 0 unspecified atom stereocenters. The molecule has 0 spiro atoms. The monoisotopic (exact) mass is 403 g/mol. The Morgan fingerprint density at radius 3 is 2.41 bits per heavy atom. The molecule has 2 aromatic carbocycles. The number of nitrogens with one attached hydrogen (secondary N) is 1. The Hall–Kier alpha value is -3.11. The van der Waals surface area contributed by atoms with Crippen molar-refractivity contribution in [1.29, 1.82) is 0 Å². The molecule has 0 aliphatic rings. The number of non-ortho nitro benzene ring substituents is 1. The molecule has 0 saturated carbocycles. The molecule has 10 heteroatoms. The summed E-state index contributed by atoms with van der Waals surface area (Å²) in [6.07, 6.45) is 0. The first kappa shape index (κ1) is 18.7. The molecule has 0 fully saturated rings. The molecule has 3 rings (SSSR count). The summed E-state index contributed by atoms with van der Waals surface area (Å²) >= 11 is 1.13. The lowest BCUT2D eigenvalue weighted by Crippen LogP contribution is -2.22. The second-order valence-electron chi connectivity index (χ2n) is 5.46. The van der Waals surface area contributed by atoms with E-state index in [9.17, 15) is 23.3 Å². The third kappa shape index (κ3) is 4.54. The van der Waals surface area contributed by atoms with Crippen LogP contribution in [0.3, 0.4) is 0 Å². The Balaban J connectivity index is 1.68. The molecular formula is C17H13N3O5S2. The van der Waals surface area contributed by atoms with Gasteiger partial charge in [-0.15, -0.1) is 11.3 Å². The van der Waals surface area contributed by atoms with Gasteiger partial charge in [-0.05, 0) is 24.3 Å². The van der Waals surface area contributed by atoms with E-state index in [1.54, 1.807) is 35.7 Å². The average Bonchev–Trinajstić information content (AvgIpc) is 3.10. The smallest absolute Gasteiger partial charge is 0.269 e. The van der Waals surface area contributed by atoms with E-state index >= 15 is 0 Å². The zero-order valence-electron chi connectivity index (χ0n) is 13.7. The highest BCUT2D eigenvalue weighted by atomic mass is 32.2. The summed E-state index contributed by atoms with van der Waals surface area (Å²) in [7, 11) is -3.74. The molecule has 27 heavy (non-hydrogen) atoms. The number of nitrogens with zero attached hydrogens (tertiary/aromatic N) is 2. The van der Waals surface area contributed by atoms with Gasteiger partial charge < -0.3 is 5.32 Å². The fraction of sp³-hybridized carbons (Fsp3) is 0.0588. The number of rotatable bonds is 6. The molecule has 0 radical (unpaired) electrons. The summed E-state index contributed by atoms with van der Waals surface area (Å²) in [6.45, 7) is 0. The number of carbonyl (C=O) groups is 1. The van der Waals surface area contributed by atoms with Gasteiger partial charge in [0.1, 0.15) is 5.75 Å². The first-order valence-electron chi connectivity index (χ1n) is 7.63. The fourth-order valence-corrected chi connectivity index (χ4v) is 4.15. The lowest BCUT2D eigenvalue weighted by molar-refractivity contribution is -0.384. The van der Waals surface area contributed by atoms with Gasteiger partial charge in [-0.1, -0.05) is 18.2 Å². The van der Waals surface area contributed by atoms with E-state index in [0.29, 0.717) is 11.3 Å². The molecule has 1 heterocycles. The van der Waals surface area contributed by atoms with Crippen LogP contribution in [0.4, 0.5) is 10.8 Å². The number of sulfone groups is 1. The molecule has 0 aliphatic heterocycles. The number of benzene rings is 2. The van der Waals surface area contributed by atoms with Crippen molar-refractivity contribution < 1.29 is 18.1 Å². The number of anilines is 1. The molecule has 1 aromatic heterocycles. The lowest BCUT2D eigenvalue weighted by Gasteiger charge is -2.04. The maximum absolute atomic E-state index is 12.2. The fourth-order valence-electron chi connectivity index (χ4n) is 2.26. The zero-order chi connectivity index (χ0) is 19.4. The maximum atomic E-state index is 12.2. The number of thiazole rings is 1. The Kier molecular flexibility index (Phi) is 5.28. The number of amides is 1. The second-order valence-corrected chi connectivity index (χ2v) is 8.31. The third-order valence-electron chi connectivity index (χ3n) is 3.55. The van der Waals surface area contributed by atoms with Crippen molar-refractivity contribution >= 4 is 37.9 Å². The number of nitro benzene ring substituents is 1. The number of carbonyl (C=O) groups excluding carboxylic acids is 1.